The van der Waals surface area contributed by atoms with Crippen molar-refractivity contribution in [3.63, 3.8) is 0 Å². The maximum atomic E-state index is 11.5. The van der Waals surface area contributed by atoms with Gasteiger partial charge in [-0.1, -0.05) is 0 Å². The first-order valence-corrected chi connectivity index (χ1v) is 6.20. The number of nitrogens with zero attached hydrogens (tertiary/aromatic N) is 2. The Balaban J connectivity index is 2.89. The molecule has 1 amide bonds. The zero-order chi connectivity index (χ0) is 15.3. The van der Waals surface area contributed by atoms with Crippen molar-refractivity contribution in [3.8, 4) is 5.75 Å². The number of anilines is 1. The molecule has 0 radical (unpaired) electrons. The zero-order valence-corrected chi connectivity index (χ0v) is 12.0. The molecule has 7 heteroatoms. The van der Waals surface area contributed by atoms with E-state index in [1.54, 1.807) is 34.0 Å². The molecule has 0 aromatic heterocycles. The van der Waals surface area contributed by atoms with E-state index in [0.717, 1.165) is 0 Å². The number of hydrogen-bond acceptors (Lipinski definition) is 5. The largest absolute Gasteiger partial charge is 0.484 e. The first-order valence-electron chi connectivity index (χ1n) is 6.20. The lowest BCUT2D eigenvalue weighted by Gasteiger charge is -2.14. The van der Waals surface area contributed by atoms with Crippen LogP contribution >= 0.6 is 0 Å². The van der Waals surface area contributed by atoms with Gasteiger partial charge in [0, 0.05) is 31.9 Å². The number of benzene rings is 1. The lowest BCUT2D eigenvalue weighted by atomic mass is 10.2. The molecule has 1 aromatic carbocycles. The predicted molar refractivity (Wildman–Crippen MR) is 76.0 cm³/mol. The van der Waals surface area contributed by atoms with Crippen LogP contribution in [0.25, 0.3) is 0 Å². The number of hydrogen-bond donors (Lipinski definition) is 1. The highest BCUT2D eigenvalue weighted by Crippen LogP contribution is 2.30. The molecule has 0 aliphatic rings. The average molecular weight is 281 g/mol. The van der Waals surface area contributed by atoms with Gasteiger partial charge in [-0.3, -0.25) is 14.9 Å². The van der Waals surface area contributed by atoms with Gasteiger partial charge < -0.3 is 15.0 Å². The molecule has 0 heterocycles. The number of nitrogens with one attached hydrogen (secondary N) is 1. The summed E-state index contributed by atoms with van der Waals surface area (Å²) < 4.78 is 5.42. The van der Waals surface area contributed by atoms with E-state index in [0.29, 0.717) is 5.69 Å². The highest BCUT2D eigenvalue weighted by Gasteiger charge is 2.17. The standard InChI is InChI=1S/C13H19N3O4/c1-9(2)20-12-7-10(5-6-11(12)16(18)19)14-8-13(17)15(3)4/h5-7,9,14H,8H2,1-4H3. The monoisotopic (exact) mass is 281 g/mol. The average Bonchev–Trinajstić information content (AvgIpc) is 2.34. The van der Waals surface area contributed by atoms with E-state index in [4.69, 9.17) is 4.74 Å². The van der Waals surface area contributed by atoms with Crippen molar-refractivity contribution in [3.05, 3.63) is 28.3 Å². The Hall–Kier alpha value is -2.31. The normalized spacial score (nSPS) is 10.2. The van der Waals surface area contributed by atoms with Gasteiger partial charge >= 0.3 is 5.69 Å². The second kappa shape index (κ2) is 6.74. The molecule has 0 atom stereocenters. The van der Waals surface area contributed by atoms with E-state index in [2.05, 4.69) is 5.32 Å². The van der Waals surface area contributed by atoms with Crippen LogP contribution in [0.2, 0.25) is 0 Å². The van der Waals surface area contributed by atoms with Crippen LogP contribution < -0.4 is 10.1 Å². The maximum Gasteiger partial charge on any atom is 0.311 e. The summed E-state index contributed by atoms with van der Waals surface area (Å²) in [6.07, 6.45) is -0.174. The molecule has 0 spiro atoms. The van der Waals surface area contributed by atoms with Crippen molar-refractivity contribution in [1.82, 2.24) is 4.90 Å². The number of nitro groups is 1. The van der Waals surface area contributed by atoms with E-state index in [-0.39, 0.29) is 30.0 Å². The Kier molecular flexibility index (Phi) is 5.31. The van der Waals surface area contributed by atoms with Gasteiger partial charge in [0.15, 0.2) is 5.75 Å². The van der Waals surface area contributed by atoms with E-state index >= 15 is 0 Å². The van der Waals surface area contributed by atoms with Gasteiger partial charge in [0.25, 0.3) is 0 Å². The molecular weight excluding hydrogens is 262 g/mol. The van der Waals surface area contributed by atoms with Crippen molar-refractivity contribution < 1.29 is 14.5 Å². The quantitative estimate of drug-likeness (QED) is 0.635. The lowest BCUT2D eigenvalue weighted by molar-refractivity contribution is -0.386. The van der Waals surface area contributed by atoms with Crippen molar-refractivity contribution in [2.24, 2.45) is 0 Å². The molecule has 1 rings (SSSR count). The van der Waals surface area contributed by atoms with Crippen LogP contribution in [0.5, 0.6) is 5.75 Å². The Labute approximate surface area is 117 Å². The second-order valence-corrected chi connectivity index (χ2v) is 4.75. The van der Waals surface area contributed by atoms with Crippen molar-refractivity contribution >= 4 is 17.3 Å². The van der Waals surface area contributed by atoms with E-state index in [1.165, 1.54) is 17.0 Å². The summed E-state index contributed by atoms with van der Waals surface area (Å²) in [5.74, 6) is 0.0991. The summed E-state index contributed by atoms with van der Waals surface area (Å²) in [7, 11) is 3.32. The molecule has 0 aliphatic heterocycles. The van der Waals surface area contributed by atoms with Crippen LogP contribution in [0.4, 0.5) is 11.4 Å². The smallest absolute Gasteiger partial charge is 0.311 e. The summed E-state index contributed by atoms with van der Waals surface area (Å²) in [5, 5.41) is 13.8. The number of carbonyl (C=O) groups excluding carboxylic acids is 1. The van der Waals surface area contributed by atoms with Gasteiger partial charge in [0.1, 0.15) is 0 Å². The van der Waals surface area contributed by atoms with Gasteiger partial charge in [-0.15, -0.1) is 0 Å². The number of nitro benzene ring substituents is 1. The molecule has 0 saturated carbocycles. The summed E-state index contributed by atoms with van der Waals surface area (Å²) in [4.78, 5) is 23.4. The van der Waals surface area contributed by atoms with E-state index < -0.39 is 4.92 Å². The fourth-order valence-electron chi connectivity index (χ4n) is 1.46. The molecule has 20 heavy (non-hydrogen) atoms. The van der Waals surface area contributed by atoms with Crippen molar-refractivity contribution in [2.75, 3.05) is 26.0 Å². The third-order valence-electron chi connectivity index (χ3n) is 2.46. The maximum absolute atomic E-state index is 11.5. The summed E-state index contributed by atoms with van der Waals surface area (Å²) >= 11 is 0. The fourth-order valence-corrected chi connectivity index (χ4v) is 1.46. The Bertz CT molecular complexity index is 500. The van der Waals surface area contributed by atoms with Gasteiger partial charge in [-0.25, -0.2) is 0 Å². The molecule has 1 N–H and O–H groups in total. The third kappa shape index (κ3) is 4.42. The fraction of sp³-hybridized carbons (Fsp3) is 0.462. The van der Waals surface area contributed by atoms with Crippen LogP contribution in [0, 0.1) is 10.1 Å². The first kappa shape index (κ1) is 15.7. The predicted octanol–water partition coefficient (Wildman–Crippen LogP) is 1.88. The minimum atomic E-state index is -0.494. The van der Waals surface area contributed by atoms with Gasteiger partial charge in [0.05, 0.1) is 17.6 Å². The Morgan fingerprint density at radius 2 is 2.10 bits per heavy atom. The van der Waals surface area contributed by atoms with Crippen LogP contribution in [-0.4, -0.2) is 42.5 Å². The first-order chi connectivity index (χ1) is 9.31. The molecule has 7 nitrogen and oxygen atoms in total. The minimum absolute atomic E-state index is 0.0883. The van der Waals surface area contributed by atoms with Crippen LogP contribution in [0.3, 0.4) is 0 Å². The van der Waals surface area contributed by atoms with Gasteiger partial charge in [-0.05, 0) is 19.9 Å². The van der Waals surface area contributed by atoms with Crippen LogP contribution in [0.15, 0.2) is 18.2 Å². The molecule has 1 aromatic rings. The van der Waals surface area contributed by atoms with E-state index in [1.807, 2.05) is 0 Å². The zero-order valence-electron chi connectivity index (χ0n) is 12.0. The molecule has 0 fully saturated rings. The Morgan fingerprint density at radius 1 is 1.45 bits per heavy atom. The van der Waals surface area contributed by atoms with Gasteiger partial charge in [-0.2, -0.15) is 0 Å². The molecule has 0 saturated heterocycles. The minimum Gasteiger partial charge on any atom is -0.484 e. The third-order valence-corrected chi connectivity index (χ3v) is 2.46. The number of likely N-dealkylation sites (N-methyl/N-ethyl adjacent to an activating group) is 1. The second-order valence-electron chi connectivity index (χ2n) is 4.75. The van der Waals surface area contributed by atoms with Crippen molar-refractivity contribution in [1.29, 1.82) is 0 Å². The topological polar surface area (TPSA) is 84.7 Å². The summed E-state index contributed by atoms with van der Waals surface area (Å²) in [6.45, 7) is 3.70. The number of amides is 1. The van der Waals surface area contributed by atoms with Crippen LogP contribution in [-0.2, 0) is 4.79 Å². The molecule has 0 bridgehead atoms. The number of carbonyl (C=O) groups is 1. The Morgan fingerprint density at radius 3 is 2.60 bits per heavy atom. The van der Waals surface area contributed by atoms with E-state index in [9.17, 15) is 14.9 Å². The molecular formula is C13H19N3O4. The van der Waals surface area contributed by atoms with Crippen molar-refractivity contribution in [2.45, 2.75) is 20.0 Å². The SMILES string of the molecule is CC(C)Oc1cc(NCC(=O)N(C)C)ccc1[N+](=O)[O-]. The number of rotatable bonds is 6. The number of ether oxygens (including phenoxy) is 1. The molecule has 110 valence electrons. The summed E-state index contributed by atoms with van der Waals surface area (Å²) in [5.41, 5.74) is 0.504. The lowest BCUT2D eigenvalue weighted by Crippen LogP contribution is -2.28. The highest BCUT2D eigenvalue weighted by atomic mass is 16.6. The van der Waals surface area contributed by atoms with Gasteiger partial charge in [0.2, 0.25) is 5.91 Å². The molecule has 0 aliphatic carbocycles. The highest BCUT2D eigenvalue weighted by molar-refractivity contribution is 5.80. The summed E-state index contributed by atoms with van der Waals surface area (Å²) in [6, 6.07) is 4.44. The molecule has 0 unspecified atom stereocenters. The van der Waals surface area contributed by atoms with Crippen LogP contribution in [0.1, 0.15) is 13.8 Å².